The lowest BCUT2D eigenvalue weighted by atomic mass is 10.1. The van der Waals surface area contributed by atoms with Gasteiger partial charge in [-0.2, -0.15) is 0 Å². The molecule has 1 atom stereocenters. The average Bonchev–Trinajstić information content (AvgIpc) is 3.24. The topological polar surface area (TPSA) is 62.0 Å². The molecular formula is C22H32FIN4O2. The van der Waals surface area contributed by atoms with Gasteiger partial charge in [0.25, 0.3) is 0 Å². The van der Waals surface area contributed by atoms with E-state index >= 15 is 0 Å². The first-order valence-corrected chi connectivity index (χ1v) is 10.2. The Kier molecular flexibility index (Phi) is 10.6. The fourth-order valence-corrected chi connectivity index (χ4v) is 3.21. The summed E-state index contributed by atoms with van der Waals surface area (Å²) in [7, 11) is 0. The summed E-state index contributed by atoms with van der Waals surface area (Å²) in [4.78, 5) is 7.08. The predicted octanol–water partition coefficient (Wildman–Crippen LogP) is 3.52. The number of hydrogen-bond donors (Lipinski definition) is 2. The van der Waals surface area contributed by atoms with E-state index in [0.717, 1.165) is 56.6 Å². The van der Waals surface area contributed by atoms with Crippen molar-refractivity contribution in [2.75, 3.05) is 45.9 Å². The van der Waals surface area contributed by atoms with Gasteiger partial charge in [-0.25, -0.2) is 4.39 Å². The second kappa shape index (κ2) is 12.9. The van der Waals surface area contributed by atoms with Gasteiger partial charge >= 0.3 is 0 Å². The molecular weight excluding hydrogens is 498 g/mol. The van der Waals surface area contributed by atoms with Gasteiger partial charge < -0.3 is 19.8 Å². The third-order valence-electron chi connectivity index (χ3n) is 5.08. The van der Waals surface area contributed by atoms with E-state index in [0.29, 0.717) is 18.7 Å². The quantitative estimate of drug-likeness (QED) is 0.311. The maximum Gasteiger partial charge on any atom is 0.191 e. The number of furan rings is 1. The van der Waals surface area contributed by atoms with E-state index in [1.54, 1.807) is 19.3 Å². The SMILES string of the molecule is Cc1ccc(C(C)NC(=NCCN2CCOCC2)NCCc2ccco2)cc1F.I. The summed E-state index contributed by atoms with van der Waals surface area (Å²) < 4.78 is 24.7. The summed E-state index contributed by atoms with van der Waals surface area (Å²) in [6, 6.07) is 9.12. The van der Waals surface area contributed by atoms with Crippen molar-refractivity contribution in [3.05, 3.63) is 59.3 Å². The lowest BCUT2D eigenvalue weighted by Crippen LogP contribution is -2.41. The molecule has 1 fully saturated rings. The molecule has 6 nitrogen and oxygen atoms in total. The molecule has 0 spiro atoms. The van der Waals surface area contributed by atoms with Gasteiger partial charge in [-0.1, -0.05) is 12.1 Å². The molecule has 0 radical (unpaired) electrons. The zero-order chi connectivity index (χ0) is 20.5. The molecule has 1 aliphatic rings. The van der Waals surface area contributed by atoms with Crippen LogP contribution >= 0.6 is 24.0 Å². The molecule has 0 bridgehead atoms. The van der Waals surface area contributed by atoms with Crippen molar-refractivity contribution in [1.82, 2.24) is 15.5 Å². The van der Waals surface area contributed by atoms with Crippen LogP contribution in [0.5, 0.6) is 0 Å². The van der Waals surface area contributed by atoms with Gasteiger partial charge in [-0.05, 0) is 43.2 Å². The number of aryl methyl sites for hydroxylation is 1. The molecule has 3 rings (SSSR count). The summed E-state index contributed by atoms with van der Waals surface area (Å²) in [6.07, 6.45) is 2.45. The van der Waals surface area contributed by atoms with E-state index in [1.807, 2.05) is 31.2 Å². The minimum atomic E-state index is -0.187. The number of rotatable bonds is 8. The second-order valence-corrected chi connectivity index (χ2v) is 7.32. The number of morpholine rings is 1. The maximum atomic E-state index is 13.9. The third-order valence-corrected chi connectivity index (χ3v) is 5.08. The number of halogens is 2. The van der Waals surface area contributed by atoms with E-state index in [-0.39, 0.29) is 35.8 Å². The van der Waals surface area contributed by atoms with Crippen LogP contribution in [-0.2, 0) is 11.2 Å². The van der Waals surface area contributed by atoms with Crippen LogP contribution in [0.25, 0.3) is 0 Å². The first kappa shape index (κ1) is 24.6. The van der Waals surface area contributed by atoms with E-state index < -0.39 is 0 Å². The highest BCUT2D eigenvalue weighted by Gasteiger charge is 2.12. The fraction of sp³-hybridized carbons (Fsp3) is 0.500. The Bertz CT molecular complexity index is 779. The Balaban J connectivity index is 0.00000320. The highest BCUT2D eigenvalue weighted by Crippen LogP contribution is 2.16. The van der Waals surface area contributed by atoms with E-state index in [9.17, 15) is 4.39 Å². The Morgan fingerprint density at radius 2 is 2.07 bits per heavy atom. The van der Waals surface area contributed by atoms with Crippen LogP contribution in [0.3, 0.4) is 0 Å². The molecule has 2 N–H and O–H groups in total. The maximum absolute atomic E-state index is 13.9. The largest absolute Gasteiger partial charge is 0.469 e. The number of nitrogens with one attached hydrogen (secondary N) is 2. The first-order chi connectivity index (χ1) is 14.1. The van der Waals surface area contributed by atoms with Crippen molar-refractivity contribution < 1.29 is 13.5 Å². The zero-order valence-electron chi connectivity index (χ0n) is 17.7. The summed E-state index contributed by atoms with van der Waals surface area (Å²) >= 11 is 0. The number of hydrogen-bond acceptors (Lipinski definition) is 4. The minimum absolute atomic E-state index is 0. The van der Waals surface area contributed by atoms with Crippen molar-refractivity contribution in [1.29, 1.82) is 0 Å². The molecule has 0 aliphatic carbocycles. The summed E-state index contributed by atoms with van der Waals surface area (Å²) in [5, 5.41) is 6.76. The van der Waals surface area contributed by atoms with Gasteiger partial charge in [0, 0.05) is 32.6 Å². The second-order valence-electron chi connectivity index (χ2n) is 7.32. The van der Waals surface area contributed by atoms with E-state index in [4.69, 9.17) is 14.1 Å². The monoisotopic (exact) mass is 530 g/mol. The van der Waals surface area contributed by atoms with E-state index in [2.05, 4.69) is 15.5 Å². The highest BCUT2D eigenvalue weighted by molar-refractivity contribution is 14.0. The van der Waals surface area contributed by atoms with Gasteiger partial charge in [0.1, 0.15) is 11.6 Å². The van der Waals surface area contributed by atoms with Gasteiger partial charge in [-0.3, -0.25) is 9.89 Å². The van der Waals surface area contributed by atoms with Crippen LogP contribution in [0.4, 0.5) is 4.39 Å². The highest BCUT2D eigenvalue weighted by atomic mass is 127. The standard InChI is InChI=1S/C22H31FN4O2.HI/c1-17-5-6-19(16-21(17)23)18(2)26-22(24-8-7-20-4-3-13-29-20)25-9-10-27-11-14-28-15-12-27;/h3-6,13,16,18H,7-12,14-15H2,1-2H3,(H2,24,25,26);1H. The number of ether oxygens (including phenoxy) is 1. The lowest BCUT2D eigenvalue weighted by Gasteiger charge is -2.26. The van der Waals surface area contributed by atoms with Crippen molar-refractivity contribution in [2.24, 2.45) is 4.99 Å². The minimum Gasteiger partial charge on any atom is -0.469 e. The Labute approximate surface area is 195 Å². The molecule has 1 saturated heterocycles. The van der Waals surface area contributed by atoms with Crippen LogP contribution in [0.15, 0.2) is 46.0 Å². The molecule has 1 unspecified atom stereocenters. The molecule has 30 heavy (non-hydrogen) atoms. The summed E-state index contributed by atoms with van der Waals surface area (Å²) in [5.41, 5.74) is 1.54. The van der Waals surface area contributed by atoms with Crippen molar-refractivity contribution in [3.63, 3.8) is 0 Å². The Morgan fingerprint density at radius 3 is 2.77 bits per heavy atom. The Hall–Kier alpha value is -1.65. The van der Waals surface area contributed by atoms with Crippen LogP contribution in [0, 0.1) is 12.7 Å². The number of nitrogens with zero attached hydrogens (tertiary/aromatic N) is 2. The first-order valence-electron chi connectivity index (χ1n) is 10.2. The molecule has 2 aromatic rings. The molecule has 8 heteroatoms. The van der Waals surface area contributed by atoms with Crippen molar-refractivity contribution in [3.8, 4) is 0 Å². The number of aliphatic imine (C=N–C) groups is 1. The fourth-order valence-electron chi connectivity index (χ4n) is 3.21. The summed E-state index contributed by atoms with van der Waals surface area (Å²) in [5.74, 6) is 1.46. The van der Waals surface area contributed by atoms with Crippen LogP contribution in [-0.4, -0.2) is 56.8 Å². The van der Waals surface area contributed by atoms with Gasteiger partial charge in [0.2, 0.25) is 0 Å². The number of benzene rings is 1. The average molecular weight is 530 g/mol. The van der Waals surface area contributed by atoms with Gasteiger partial charge in [0.15, 0.2) is 5.96 Å². The van der Waals surface area contributed by atoms with Crippen molar-refractivity contribution >= 4 is 29.9 Å². The van der Waals surface area contributed by atoms with Crippen molar-refractivity contribution in [2.45, 2.75) is 26.3 Å². The zero-order valence-corrected chi connectivity index (χ0v) is 20.0. The van der Waals surface area contributed by atoms with Crippen LogP contribution in [0.1, 0.15) is 29.9 Å². The molecule has 1 aromatic carbocycles. The molecule has 0 saturated carbocycles. The molecule has 1 aromatic heterocycles. The van der Waals surface area contributed by atoms with Gasteiger partial charge in [0.05, 0.1) is 32.1 Å². The predicted molar refractivity (Wildman–Crippen MR) is 128 cm³/mol. The molecule has 1 aliphatic heterocycles. The van der Waals surface area contributed by atoms with Crippen LogP contribution in [0.2, 0.25) is 0 Å². The lowest BCUT2D eigenvalue weighted by molar-refractivity contribution is 0.0394. The summed E-state index contributed by atoms with van der Waals surface area (Å²) in [6.45, 7) is 9.52. The smallest absolute Gasteiger partial charge is 0.191 e. The normalized spacial score (nSPS) is 16.0. The number of guanidine groups is 1. The third kappa shape index (κ3) is 7.88. The van der Waals surface area contributed by atoms with E-state index in [1.165, 1.54) is 0 Å². The Morgan fingerprint density at radius 1 is 1.27 bits per heavy atom. The molecule has 0 amide bonds. The molecule has 166 valence electrons. The van der Waals surface area contributed by atoms with Gasteiger partial charge in [-0.15, -0.1) is 24.0 Å². The molecule has 2 heterocycles. The van der Waals surface area contributed by atoms with Crippen LogP contribution < -0.4 is 10.6 Å².